The van der Waals surface area contributed by atoms with Crippen molar-refractivity contribution in [2.24, 2.45) is 0 Å². The van der Waals surface area contributed by atoms with Gasteiger partial charge in [-0.2, -0.15) is 0 Å². The molecule has 3 N–H and O–H groups in total. The fourth-order valence-corrected chi connectivity index (χ4v) is 2.29. The second-order valence-corrected chi connectivity index (χ2v) is 4.66. The molecule has 2 rings (SSSR count). The minimum absolute atomic E-state index is 0.0135. The molecule has 0 spiro atoms. The van der Waals surface area contributed by atoms with Crippen LogP contribution in [0.3, 0.4) is 0 Å². The highest BCUT2D eigenvalue weighted by atomic mass is 35.5. The molecule has 0 saturated heterocycles. The van der Waals surface area contributed by atoms with E-state index in [4.69, 9.17) is 22.4 Å². The predicted octanol–water partition coefficient (Wildman–Crippen LogP) is 2.56. The summed E-state index contributed by atoms with van der Waals surface area (Å²) in [6, 6.07) is 4.74. The van der Waals surface area contributed by atoms with Crippen LogP contribution < -0.4 is 5.73 Å². The minimum Gasteiger partial charge on any atom is -0.478 e. The third-order valence-corrected chi connectivity index (χ3v) is 3.56. The zero-order valence-electron chi connectivity index (χ0n) is 9.00. The predicted molar refractivity (Wildman–Crippen MR) is 69.0 cm³/mol. The molecule has 0 atom stereocenters. The summed E-state index contributed by atoms with van der Waals surface area (Å²) in [7, 11) is 0. The molecule has 2 heterocycles. The number of nitrogens with two attached hydrogens (primary N) is 1. The Bertz CT molecular complexity index is 607. The first-order valence-electron chi connectivity index (χ1n) is 4.85. The van der Waals surface area contributed by atoms with Gasteiger partial charge in [0.1, 0.15) is 10.1 Å². The fourth-order valence-electron chi connectivity index (χ4n) is 1.26. The molecule has 0 bridgehead atoms. The average molecular weight is 282 g/mol. The lowest BCUT2D eigenvalue weighted by molar-refractivity contribution is 0.0697. The van der Waals surface area contributed by atoms with E-state index in [1.807, 2.05) is 0 Å². The molecule has 18 heavy (non-hydrogen) atoms. The molecule has 92 valence electrons. The minimum atomic E-state index is -1.09. The molecule has 5 nitrogen and oxygen atoms in total. The summed E-state index contributed by atoms with van der Waals surface area (Å²) in [5.74, 6) is -1.09. The summed E-state index contributed by atoms with van der Waals surface area (Å²) in [6.45, 7) is 0. The number of hydrogen-bond acceptors (Lipinski definition) is 5. The second-order valence-electron chi connectivity index (χ2n) is 3.27. The van der Waals surface area contributed by atoms with Gasteiger partial charge in [-0.15, -0.1) is 0 Å². The molecule has 0 aliphatic carbocycles. The van der Waals surface area contributed by atoms with E-state index in [1.165, 1.54) is 12.3 Å². The zero-order valence-corrected chi connectivity index (χ0v) is 10.6. The molecular weight excluding hydrogens is 274 g/mol. The maximum absolute atomic E-state index is 10.9. The number of rotatable bonds is 3. The molecule has 2 aromatic heterocycles. The van der Waals surface area contributed by atoms with E-state index in [9.17, 15) is 4.79 Å². The number of carboxylic acid groups (broad SMARTS) is 1. The number of aromatic carboxylic acids is 1. The van der Waals surface area contributed by atoms with Gasteiger partial charge in [0.2, 0.25) is 0 Å². The van der Waals surface area contributed by atoms with Crippen LogP contribution in [-0.2, 0) is 0 Å². The number of carboxylic acids is 1. The smallest absolute Gasteiger partial charge is 0.337 e. The summed E-state index contributed by atoms with van der Waals surface area (Å²) in [5, 5.41) is 10.3. The monoisotopic (exact) mass is 281 g/mol. The third-order valence-electron chi connectivity index (χ3n) is 2.10. The van der Waals surface area contributed by atoms with Crippen molar-refractivity contribution in [1.82, 2.24) is 9.97 Å². The Balaban J connectivity index is 2.39. The number of nitrogen functional groups attached to an aromatic ring is 1. The number of nitrogens with zero attached hydrogens (tertiary/aromatic N) is 2. The van der Waals surface area contributed by atoms with E-state index >= 15 is 0 Å². The normalized spacial score (nSPS) is 10.3. The van der Waals surface area contributed by atoms with Crippen LogP contribution in [0.15, 0.2) is 40.6 Å². The molecular formula is C11H8ClN3O2S. The van der Waals surface area contributed by atoms with Gasteiger partial charge in [-0.3, -0.25) is 0 Å². The van der Waals surface area contributed by atoms with Gasteiger partial charge in [-0.25, -0.2) is 14.8 Å². The van der Waals surface area contributed by atoms with Crippen LogP contribution in [0.5, 0.6) is 0 Å². The molecule has 0 amide bonds. The van der Waals surface area contributed by atoms with E-state index in [-0.39, 0.29) is 11.3 Å². The largest absolute Gasteiger partial charge is 0.478 e. The fraction of sp³-hybridized carbons (Fsp3) is 0. The third kappa shape index (κ3) is 2.55. The highest BCUT2D eigenvalue weighted by molar-refractivity contribution is 7.99. The SMILES string of the molecule is Nc1c(C(=O)O)ccnc1Sc1ncccc1Cl. The van der Waals surface area contributed by atoms with Crippen LogP contribution in [0.1, 0.15) is 10.4 Å². The Morgan fingerprint density at radius 2 is 2.00 bits per heavy atom. The Morgan fingerprint density at radius 3 is 2.67 bits per heavy atom. The number of pyridine rings is 2. The van der Waals surface area contributed by atoms with E-state index in [0.717, 1.165) is 11.8 Å². The molecule has 0 aliphatic rings. The van der Waals surface area contributed by atoms with E-state index < -0.39 is 5.97 Å². The average Bonchev–Trinajstić information content (AvgIpc) is 2.34. The van der Waals surface area contributed by atoms with Crippen molar-refractivity contribution >= 4 is 35.0 Å². The molecule has 0 fully saturated rings. The quantitative estimate of drug-likeness (QED) is 0.899. The van der Waals surface area contributed by atoms with Crippen LogP contribution in [0.25, 0.3) is 0 Å². The van der Waals surface area contributed by atoms with Gasteiger partial charge in [0.05, 0.1) is 16.3 Å². The lowest BCUT2D eigenvalue weighted by Crippen LogP contribution is -2.04. The summed E-state index contributed by atoms with van der Waals surface area (Å²) >= 11 is 7.09. The summed E-state index contributed by atoms with van der Waals surface area (Å²) in [5.41, 5.74) is 5.87. The summed E-state index contributed by atoms with van der Waals surface area (Å²) in [4.78, 5) is 19.0. The van der Waals surface area contributed by atoms with Crippen LogP contribution in [-0.4, -0.2) is 21.0 Å². The molecule has 0 saturated carbocycles. The maximum atomic E-state index is 10.9. The van der Waals surface area contributed by atoms with Crippen LogP contribution in [0.2, 0.25) is 5.02 Å². The van der Waals surface area contributed by atoms with Crippen molar-refractivity contribution in [2.45, 2.75) is 10.1 Å². The van der Waals surface area contributed by atoms with Crippen molar-refractivity contribution < 1.29 is 9.90 Å². The highest BCUT2D eigenvalue weighted by Gasteiger charge is 2.14. The van der Waals surface area contributed by atoms with Crippen molar-refractivity contribution in [3.63, 3.8) is 0 Å². The Hall–Kier alpha value is -1.79. The molecule has 2 aromatic rings. The van der Waals surface area contributed by atoms with Gasteiger partial charge >= 0.3 is 5.97 Å². The Kier molecular flexibility index (Phi) is 3.69. The Labute approximate surface area is 112 Å². The summed E-state index contributed by atoms with van der Waals surface area (Å²) < 4.78 is 0. The lowest BCUT2D eigenvalue weighted by atomic mass is 10.2. The van der Waals surface area contributed by atoms with Crippen molar-refractivity contribution in [3.8, 4) is 0 Å². The number of aromatic nitrogens is 2. The zero-order chi connectivity index (χ0) is 13.1. The van der Waals surface area contributed by atoms with Crippen LogP contribution >= 0.6 is 23.4 Å². The van der Waals surface area contributed by atoms with Gasteiger partial charge in [0.25, 0.3) is 0 Å². The van der Waals surface area contributed by atoms with Gasteiger partial charge in [0.15, 0.2) is 0 Å². The van der Waals surface area contributed by atoms with Crippen molar-refractivity contribution in [1.29, 1.82) is 0 Å². The number of hydrogen-bond donors (Lipinski definition) is 2. The van der Waals surface area contributed by atoms with Crippen molar-refractivity contribution in [3.05, 3.63) is 41.2 Å². The van der Waals surface area contributed by atoms with Gasteiger partial charge in [-0.1, -0.05) is 11.6 Å². The van der Waals surface area contributed by atoms with Crippen LogP contribution in [0, 0.1) is 0 Å². The molecule has 7 heteroatoms. The number of anilines is 1. The lowest BCUT2D eigenvalue weighted by Gasteiger charge is -2.06. The standard InChI is InChI=1S/C11H8ClN3O2S/c12-7-2-1-4-14-9(7)18-10-8(13)6(11(16)17)3-5-15-10/h1-5H,13H2,(H,16,17). The molecule has 0 aromatic carbocycles. The van der Waals surface area contributed by atoms with E-state index in [0.29, 0.717) is 15.1 Å². The van der Waals surface area contributed by atoms with Crippen molar-refractivity contribution in [2.75, 3.05) is 5.73 Å². The highest BCUT2D eigenvalue weighted by Crippen LogP contribution is 2.34. The van der Waals surface area contributed by atoms with E-state index in [1.54, 1.807) is 18.3 Å². The van der Waals surface area contributed by atoms with Crippen LogP contribution in [0.4, 0.5) is 5.69 Å². The van der Waals surface area contributed by atoms with E-state index in [2.05, 4.69) is 9.97 Å². The second kappa shape index (κ2) is 5.24. The first-order valence-corrected chi connectivity index (χ1v) is 6.05. The first kappa shape index (κ1) is 12.7. The van der Waals surface area contributed by atoms with Gasteiger partial charge in [0, 0.05) is 12.4 Å². The summed E-state index contributed by atoms with van der Waals surface area (Å²) in [6.07, 6.45) is 2.98. The maximum Gasteiger partial charge on any atom is 0.337 e. The van der Waals surface area contributed by atoms with Gasteiger partial charge < -0.3 is 10.8 Å². The topological polar surface area (TPSA) is 89.1 Å². The first-order chi connectivity index (χ1) is 8.59. The number of carbonyl (C=O) groups is 1. The number of halogens is 1. The van der Waals surface area contributed by atoms with Gasteiger partial charge in [-0.05, 0) is 30.0 Å². The Morgan fingerprint density at radius 1 is 1.28 bits per heavy atom. The molecule has 0 unspecified atom stereocenters. The molecule has 0 radical (unpaired) electrons. The molecule has 0 aliphatic heterocycles.